The summed E-state index contributed by atoms with van der Waals surface area (Å²) < 4.78 is 0. The second kappa shape index (κ2) is 22.7. The molecule has 1 fully saturated rings. The summed E-state index contributed by atoms with van der Waals surface area (Å²) in [5.74, 6) is 1.04. The van der Waals surface area contributed by atoms with E-state index in [4.69, 9.17) is 0 Å². The molecular weight excluding hydrogens is 156 g/mol. The molecule has 0 aromatic heterocycles. The fraction of sp³-hybridized carbons (Fsp3) is 1.00. The average molecular weight is 188 g/mol. The van der Waals surface area contributed by atoms with Crippen molar-refractivity contribution in [1.29, 1.82) is 0 Å². The molecule has 0 amide bonds. The van der Waals surface area contributed by atoms with Crippen molar-refractivity contribution in [2.24, 2.45) is 5.92 Å². The van der Waals surface area contributed by atoms with Gasteiger partial charge in [-0.3, -0.25) is 0 Å². The first-order valence-electron chi connectivity index (χ1n) is 6.39. The summed E-state index contributed by atoms with van der Waals surface area (Å²) in [5.41, 5.74) is 0. The van der Waals surface area contributed by atoms with E-state index in [1.807, 2.05) is 41.5 Å². The largest absolute Gasteiger partial charge is 0.0683 e. The molecule has 13 heavy (non-hydrogen) atoms. The Labute approximate surface area is 87.1 Å². The zero-order valence-electron chi connectivity index (χ0n) is 11.1. The average Bonchev–Trinajstić information content (AvgIpc) is 2.28. The van der Waals surface area contributed by atoms with E-state index in [9.17, 15) is 0 Å². The van der Waals surface area contributed by atoms with Gasteiger partial charge in [-0.15, -0.1) is 0 Å². The molecule has 0 heteroatoms. The lowest BCUT2D eigenvalue weighted by molar-refractivity contribution is 0.385. The van der Waals surface area contributed by atoms with Crippen LogP contribution >= 0.6 is 0 Å². The van der Waals surface area contributed by atoms with Gasteiger partial charge in [0.15, 0.2) is 0 Å². The predicted octanol–water partition coefficient (Wildman–Crippen LogP) is 5.67. The predicted molar refractivity (Wildman–Crippen MR) is 66.3 cm³/mol. The molecule has 84 valence electrons. The SMILES string of the molecule is CC.CC.CC.CC1CCCCC1. The minimum absolute atomic E-state index is 1.04. The summed E-state index contributed by atoms with van der Waals surface area (Å²) in [7, 11) is 0. The Morgan fingerprint density at radius 2 is 0.923 bits per heavy atom. The molecule has 0 aliphatic heterocycles. The van der Waals surface area contributed by atoms with Gasteiger partial charge in [0.2, 0.25) is 0 Å². The molecule has 0 nitrogen and oxygen atoms in total. The fourth-order valence-corrected chi connectivity index (χ4v) is 1.31. The van der Waals surface area contributed by atoms with Crippen molar-refractivity contribution >= 4 is 0 Å². The van der Waals surface area contributed by atoms with E-state index in [-0.39, 0.29) is 0 Å². The highest BCUT2D eigenvalue weighted by atomic mass is 14.1. The summed E-state index contributed by atoms with van der Waals surface area (Å²) in [4.78, 5) is 0. The zero-order chi connectivity index (χ0) is 11.1. The monoisotopic (exact) mass is 188 g/mol. The first-order chi connectivity index (χ1) is 6.39. The highest BCUT2D eigenvalue weighted by Gasteiger charge is 2.05. The van der Waals surface area contributed by atoms with Gasteiger partial charge in [0.05, 0.1) is 0 Å². The van der Waals surface area contributed by atoms with Crippen molar-refractivity contribution in [3.05, 3.63) is 0 Å². The van der Waals surface area contributed by atoms with Crippen LogP contribution in [0, 0.1) is 5.92 Å². The Kier molecular flexibility index (Phi) is 32.7. The van der Waals surface area contributed by atoms with Crippen LogP contribution in [0.15, 0.2) is 0 Å². The van der Waals surface area contributed by atoms with Crippen LogP contribution in [0.4, 0.5) is 0 Å². The topological polar surface area (TPSA) is 0 Å². The van der Waals surface area contributed by atoms with E-state index in [1.54, 1.807) is 0 Å². The van der Waals surface area contributed by atoms with Crippen LogP contribution < -0.4 is 0 Å². The van der Waals surface area contributed by atoms with E-state index in [0.717, 1.165) is 5.92 Å². The summed E-state index contributed by atoms with van der Waals surface area (Å²) >= 11 is 0. The fourth-order valence-electron chi connectivity index (χ4n) is 1.31. The van der Waals surface area contributed by atoms with E-state index >= 15 is 0 Å². The Morgan fingerprint density at radius 1 is 0.615 bits per heavy atom. The van der Waals surface area contributed by atoms with Gasteiger partial charge >= 0.3 is 0 Å². The molecule has 0 unspecified atom stereocenters. The van der Waals surface area contributed by atoms with Crippen molar-refractivity contribution in [1.82, 2.24) is 0 Å². The molecule has 0 aromatic carbocycles. The molecule has 0 radical (unpaired) electrons. The number of hydrogen-bond donors (Lipinski definition) is 0. The molecule has 0 spiro atoms. The van der Waals surface area contributed by atoms with Gasteiger partial charge in [0.25, 0.3) is 0 Å². The molecule has 0 saturated heterocycles. The van der Waals surface area contributed by atoms with E-state index < -0.39 is 0 Å². The Hall–Kier alpha value is 0. The van der Waals surface area contributed by atoms with Gasteiger partial charge < -0.3 is 0 Å². The first kappa shape index (κ1) is 18.7. The molecular formula is C13H32. The van der Waals surface area contributed by atoms with Crippen LogP contribution in [0.5, 0.6) is 0 Å². The lowest BCUT2D eigenvalue weighted by Crippen LogP contribution is -1.99. The van der Waals surface area contributed by atoms with Gasteiger partial charge in [-0.25, -0.2) is 0 Å². The van der Waals surface area contributed by atoms with Crippen LogP contribution in [0.25, 0.3) is 0 Å². The number of rotatable bonds is 0. The molecule has 0 heterocycles. The van der Waals surface area contributed by atoms with E-state index in [1.165, 1.54) is 32.1 Å². The summed E-state index contributed by atoms with van der Waals surface area (Å²) in [5, 5.41) is 0. The maximum Gasteiger partial charge on any atom is -0.0443 e. The zero-order valence-corrected chi connectivity index (χ0v) is 11.1. The van der Waals surface area contributed by atoms with Crippen molar-refractivity contribution in [3.63, 3.8) is 0 Å². The maximum absolute atomic E-state index is 2.36. The van der Waals surface area contributed by atoms with Gasteiger partial charge in [0, 0.05) is 0 Å². The maximum atomic E-state index is 2.36. The summed E-state index contributed by atoms with van der Waals surface area (Å²) in [6, 6.07) is 0. The van der Waals surface area contributed by atoms with E-state index in [2.05, 4.69) is 6.92 Å². The lowest BCUT2D eigenvalue weighted by Gasteiger charge is -2.15. The first-order valence-corrected chi connectivity index (χ1v) is 6.39. The van der Waals surface area contributed by atoms with Crippen LogP contribution in [0.2, 0.25) is 0 Å². The second-order valence-electron chi connectivity index (χ2n) is 2.74. The molecule has 0 aromatic rings. The van der Waals surface area contributed by atoms with Crippen molar-refractivity contribution in [3.8, 4) is 0 Å². The molecule has 1 aliphatic carbocycles. The normalized spacial score (nSPS) is 15.0. The molecule has 1 aliphatic rings. The highest BCUT2D eigenvalue weighted by molar-refractivity contribution is 4.59. The van der Waals surface area contributed by atoms with Crippen LogP contribution in [-0.2, 0) is 0 Å². The molecule has 1 rings (SSSR count). The Bertz CT molecular complexity index is 42.0. The van der Waals surface area contributed by atoms with Crippen LogP contribution in [0.1, 0.15) is 80.6 Å². The van der Waals surface area contributed by atoms with Gasteiger partial charge in [-0.1, -0.05) is 80.6 Å². The molecule has 1 saturated carbocycles. The third kappa shape index (κ3) is 18.8. The minimum Gasteiger partial charge on any atom is -0.0683 e. The van der Waals surface area contributed by atoms with E-state index in [0.29, 0.717) is 0 Å². The van der Waals surface area contributed by atoms with Crippen LogP contribution in [0.3, 0.4) is 0 Å². The third-order valence-corrected chi connectivity index (χ3v) is 1.89. The minimum atomic E-state index is 1.04. The molecule has 0 bridgehead atoms. The quantitative estimate of drug-likeness (QED) is 0.460. The standard InChI is InChI=1S/C7H14.3C2H6/c1-7-5-3-2-4-6-7;3*1-2/h7H,2-6H2,1H3;3*1-2H3. The Balaban J connectivity index is -0.000000144. The Morgan fingerprint density at radius 3 is 1.08 bits per heavy atom. The lowest BCUT2D eigenvalue weighted by atomic mass is 9.91. The molecule has 0 atom stereocenters. The number of hydrogen-bond acceptors (Lipinski definition) is 0. The second-order valence-corrected chi connectivity index (χ2v) is 2.74. The summed E-state index contributed by atoms with van der Waals surface area (Å²) in [6.07, 6.45) is 7.44. The van der Waals surface area contributed by atoms with Gasteiger partial charge in [-0.05, 0) is 5.92 Å². The van der Waals surface area contributed by atoms with Gasteiger partial charge in [0.1, 0.15) is 0 Å². The van der Waals surface area contributed by atoms with Crippen molar-refractivity contribution < 1.29 is 0 Å². The van der Waals surface area contributed by atoms with Crippen LogP contribution in [-0.4, -0.2) is 0 Å². The molecule has 0 N–H and O–H groups in total. The highest BCUT2D eigenvalue weighted by Crippen LogP contribution is 2.21. The van der Waals surface area contributed by atoms with Gasteiger partial charge in [-0.2, -0.15) is 0 Å². The van der Waals surface area contributed by atoms with Crippen molar-refractivity contribution in [2.45, 2.75) is 80.6 Å². The van der Waals surface area contributed by atoms with Crippen molar-refractivity contribution in [2.75, 3.05) is 0 Å². The smallest absolute Gasteiger partial charge is 0.0443 e. The summed E-state index contributed by atoms with van der Waals surface area (Å²) in [6.45, 7) is 14.4. The third-order valence-electron chi connectivity index (χ3n) is 1.89.